The zero-order valence-corrected chi connectivity index (χ0v) is 9.12. The number of hydrogen-bond acceptors (Lipinski definition) is 2. The normalized spacial score (nSPS) is 10.3. The topological polar surface area (TPSA) is 42.2 Å². The summed E-state index contributed by atoms with van der Waals surface area (Å²) in [5.74, 6) is 0.177. The minimum atomic E-state index is -0.200. The van der Waals surface area contributed by atoms with Crippen molar-refractivity contribution in [3.8, 4) is 0 Å². The van der Waals surface area contributed by atoms with Crippen molar-refractivity contribution < 1.29 is 9.21 Å². The third kappa shape index (κ3) is 1.72. The molecule has 1 aromatic heterocycles. The van der Waals surface area contributed by atoms with E-state index in [1.165, 1.54) is 0 Å². The molecule has 1 N–H and O–H groups in total. The number of fused-ring (bicyclic) bond motifs is 1. The first-order chi connectivity index (χ1) is 7.74. The van der Waals surface area contributed by atoms with Crippen molar-refractivity contribution in [2.24, 2.45) is 0 Å². The number of aryl methyl sites for hydroxylation is 1. The molecule has 0 spiro atoms. The number of benzene rings is 1. The fourth-order valence-electron chi connectivity index (χ4n) is 1.64. The van der Waals surface area contributed by atoms with Crippen LogP contribution in [0.25, 0.3) is 11.0 Å². The van der Waals surface area contributed by atoms with Crippen molar-refractivity contribution in [2.75, 3.05) is 6.54 Å². The second-order valence-corrected chi connectivity index (χ2v) is 3.55. The average Bonchev–Trinajstić information content (AvgIpc) is 2.64. The lowest BCUT2D eigenvalue weighted by atomic mass is 10.1. The van der Waals surface area contributed by atoms with Gasteiger partial charge in [0.15, 0.2) is 5.76 Å². The summed E-state index contributed by atoms with van der Waals surface area (Å²) < 4.78 is 5.51. The summed E-state index contributed by atoms with van der Waals surface area (Å²) in [5, 5.41) is 3.68. The predicted molar refractivity (Wildman–Crippen MR) is 63.5 cm³/mol. The van der Waals surface area contributed by atoms with Gasteiger partial charge in [-0.2, -0.15) is 0 Å². The van der Waals surface area contributed by atoms with Crippen LogP contribution in [0.3, 0.4) is 0 Å². The highest BCUT2D eigenvalue weighted by Crippen LogP contribution is 2.24. The number of nitrogens with one attached hydrogen (secondary N) is 1. The molecular formula is C13H13NO2. The van der Waals surface area contributed by atoms with Crippen molar-refractivity contribution in [3.63, 3.8) is 0 Å². The van der Waals surface area contributed by atoms with Crippen LogP contribution in [-0.2, 0) is 0 Å². The molecule has 0 radical (unpaired) electrons. The van der Waals surface area contributed by atoms with Crippen LogP contribution in [0.5, 0.6) is 0 Å². The van der Waals surface area contributed by atoms with Crippen LogP contribution in [0.2, 0.25) is 0 Å². The van der Waals surface area contributed by atoms with Crippen LogP contribution in [0.4, 0.5) is 0 Å². The average molecular weight is 215 g/mol. The summed E-state index contributed by atoms with van der Waals surface area (Å²) in [7, 11) is 0. The Balaban J connectivity index is 2.41. The summed E-state index contributed by atoms with van der Waals surface area (Å²) in [6, 6.07) is 7.61. The van der Waals surface area contributed by atoms with Gasteiger partial charge in [-0.1, -0.05) is 24.3 Å². The molecule has 82 valence electrons. The molecule has 3 heteroatoms. The Morgan fingerprint density at radius 2 is 2.25 bits per heavy atom. The van der Waals surface area contributed by atoms with Crippen molar-refractivity contribution in [1.29, 1.82) is 0 Å². The largest absolute Gasteiger partial charge is 0.451 e. The van der Waals surface area contributed by atoms with E-state index in [1.807, 2.05) is 31.2 Å². The Labute approximate surface area is 93.8 Å². The number of para-hydroxylation sites is 1. The Kier molecular flexibility index (Phi) is 2.77. The minimum Gasteiger partial charge on any atom is -0.451 e. The molecule has 0 unspecified atom stereocenters. The van der Waals surface area contributed by atoms with Gasteiger partial charge >= 0.3 is 0 Å². The van der Waals surface area contributed by atoms with E-state index in [9.17, 15) is 4.79 Å². The van der Waals surface area contributed by atoms with Gasteiger partial charge < -0.3 is 9.73 Å². The summed E-state index contributed by atoms with van der Waals surface area (Å²) in [6.07, 6.45) is 1.63. The molecule has 0 bridgehead atoms. The van der Waals surface area contributed by atoms with Crippen LogP contribution in [0.1, 0.15) is 16.1 Å². The Bertz CT molecular complexity index is 540. The monoisotopic (exact) mass is 215 g/mol. The summed E-state index contributed by atoms with van der Waals surface area (Å²) >= 11 is 0. The Morgan fingerprint density at radius 3 is 2.94 bits per heavy atom. The first-order valence-electron chi connectivity index (χ1n) is 5.11. The fraction of sp³-hybridized carbons (Fsp3) is 0.154. The molecule has 0 saturated carbocycles. The molecule has 0 aliphatic heterocycles. The molecule has 2 aromatic rings. The van der Waals surface area contributed by atoms with Crippen LogP contribution in [0.15, 0.2) is 41.3 Å². The Hall–Kier alpha value is -2.03. The second-order valence-electron chi connectivity index (χ2n) is 3.55. The van der Waals surface area contributed by atoms with Gasteiger partial charge in [-0.15, -0.1) is 6.58 Å². The van der Waals surface area contributed by atoms with E-state index in [-0.39, 0.29) is 5.91 Å². The number of amides is 1. The summed E-state index contributed by atoms with van der Waals surface area (Å²) in [5.41, 5.74) is 1.61. The number of carbonyl (C=O) groups excluding carboxylic acids is 1. The van der Waals surface area contributed by atoms with E-state index in [0.29, 0.717) is 12.3 Å². The number of furan rings is 1. The zero-order chi connectivity index (χ0) is 11.5. The van der Waals surface area contributed by atoms with E-state index >= 15 is 0 Å². The van der Waals surface area contributed by atoms with Crippen molar-refractivity contribution in [1.82, 2.24) is 5.32 Å². The maximum Gasteiger partial charge on any atom is 0.287 e. The molecule has 0 saturated heterocycles. The number of rotatable bonds is 3. The van der Waals surface area contributed by atoms with Crippen LogP contribution >= 0.6 is 0 Å². The third-order valence-electron chi connectivity index (χ3n) is 2.46. The van der Waals surface area contributed by atoms with Gasteiger partial charge in [-0.3, -0.25) is 4.79 Å². The summed E-state index contributed by atoms with van der Waals surface area (Å²) in [6.45, 7) is 5.87. The van der Waals surface area contributed by atoms with E-state index in [4.69, 9.17) is 4.42 Å². The van der Waals surface area contributed by atoms with Crippen LogP contribution in [-0.4, -0.2) is 12.5 Å². The van der Waals surface area contributed by atoms with Crippen molar-refractivity contribution in [2.45, 2.75) is 6.92 Å². The standard InChI is InChI=1S/C13H13NO2/c1-3-8-14-13(15)12-9(2)10-6-4-5-7-11(10)16-12/h3-7H,1,8H2,2H3,(H,14,15). The van der Waals surface area contributed by atoms with E-state index in [2.05, 4.69) is 11.9 Å². The highest BCUT2D eigenvalue weighted by Gasteiger charge is 2.16. The lowest BCUT2D eigenvalue weighted by molar-refractivity contribution is 0.0932. The maximum absolute atomic E-state index is 11.7. The predicted octanol–water partition coefficient (Wildman–Crippen LogP) is 2.66. The molecule has 3 nitrogen and oxygen atoms in total. The number of carbonyl (C=O) groups is 1. The molecule has 0 fully saturated rings. The van der Waals surface area contributed by atoms with Gasteiger partial charge in [0.25, 0.3) is 5.91 Å². The third-order valence-corrected chi connectivity index (χ3v) is 2.46. The lowest BCUT2D eigenvalue weighted by Crippen LogP contribution is -2.23. The summed E-state index contributed by atoms with van der Waals surface area (Å²) in [4.78, 5) is 11.7. The van der Waals surface area contributed by atoms with Crippen LogP contribution < -0.4 is 5.32 Å². The van der Waals surface area contributed by atoms with E-state index < -0.39 is 0 Å². The molecule has 1 heterocycles. The van der Waals surface area contributed by atoms with E-state index in [0.717, 1.165) is 16.5 Å². The highest BCUT2D eigenvalue weighted by atomic mass is 16.3. The van der Waals surface area contributed by atoms with Gasteiger partial charge in [-0.25, -0.2) is 0 Å². The SMILES string of the molecule is C=CCNC(=O)c1oc2ccccc2c1C. The van der Waals surface area contributed by atoms with Crippen LogP contribution in [0, 0.1) is 6.92 Å². The van der Waals surface area contributed by atoms with Gasteiger partial charge in [0.2, 0.25) is 0 Å². The maximum atomic E-state index is 11.7. The number of hydrogen-bond donors (Lipinski definition) is 1. The molecule has 0 aliphatic rings. The first-order valence-corrected chi connectivity index (χ1v) is 5.11. The molecule has 1 aromatic carbocycles. The van der Waals surface area contributed by atoms with Crippen molar-refractivity contribution in [3.05, 3.63) is 48.2 Å². The van der Waals surface area contributed by atoms with Gasteiger partial charge in [-0.05, 0) is 13.0 Å². The first kappa shape index (κ1) is 10.5. The molecule has 0 aliphatic carbocycles. The fourth-order valence-corrected chi connectivity index (χ4v) is 1.64. The molecule has 0 atom stereocenters. The van der Waals surface area contributed by atoms with Gasteiger partial charge in [0.1, 0.15) is 5.58 Å². The Morgan fingerprint density at radius 1 is 1.50 bits per heavy atom. The molecule has 16 heavy (non-hydrogen) atoms. The smallest absolute Gasteiger partial charge is 0.287 e. The second kappa shape index (κ2) is 4.23. The van der Waals surface area contributed by atoms with Gasteiger partial charge in [0.05, 0.1) is 0 Å². The molecular weight excluding hydrogens is 202 g/mol. The zero-order valence-electron chi connectivity index (χ0n) is 9.12. The van der Waals surface area contributed by atoms with Crippen molar-refractivity contribution >= 4 is 16.9 Å². The molecule has 1 amide bonds. The highest BCUT2D eigenvalue weighted by molar-refractivity contribution is 5.98. The molecule has 2 rings (SSSR count). The quantitative estimate of drug-likeness (QED) is 0.800. The minimum absolute atomic E-state index is 0.200. The van der Waals surface area contributed by atoms with Gasteiger partial charge in [0, 0.05) is 17.5 Å². The van der Waals surface area contributed by atoms with E-state index in [1.54, 1.807) is 6.08 Å². The lowest BCUT2D eigenvalue weighted by Gasteiger charge is -1.98.